The highest BCUT2D eigenvalue weighted by Gasteiger charge is 2.20. The largest absolute Gasteiger partial charge is 0.352 e. The predicted molar refractivity (Wildman–Crippen MR) is 134 cm³/mol. The summed E-state index contributed by atoms with van der Waals surface area (Å²) in [6.45, 7) is 2.82. The molecule has 0 bridgehead atoms. The average Bonchev–Trinajstić information content (AvgIpc) is 3.54. The van der Waals surface area contributed by atoms with E-state index in [0.717, 1.165) is 16.9 Å². The summed E-state index contributed by atoms with van der Waals surface area (Å²) < 4.78 is 3.67. The zero-order valence-electron chi connectivity index (χ0n) is 19.1. The van der Waals surface area contributed by atoms with Gasteiger partial charge in [0, 0.05) is 42.5 Å². The molecule has 2 amide bonds. The molecule has 8 nitrogen and oxygen atoms in total. The number of hydrogen-bond acceptors (Lipinski definition) is 5. The molecule has 0 radical (unpaired) electrons. The monoisotopic (exact) mass is 474 g/mol. The quantitative estimate of drug-likeness (QED) is 0.387. The van der Waals surface area contributed by atoms with Crippen molar-refractivity contribution in [3.8, 4) is 11.4 Å². The number of benzene rings is 2. The zero-order valence-corrected chi connectivity index (χ0v) is 19.9. The van der Waals surface area contributed by atoms with Gasteiger partial charge in [-0.25, -0.2) is 4.68 Å². The molecule has 0 unspecified atom stereocenters. The number of thioether (sulfide) groups is 1. The highest BCUT2D eigenvalue weighted by atomic mass is 32.2. The first-order valence-corrected chi connectivity index (χ1v) is 12.3. The smallest absolute Gasteiger partial charge is 0.274 e. The van der Waals surface area contributed by atoms with Crippen LogP contribution in [0.25, 0.3) is 11.4 Å². The Balaban J connectivity index is 1.51. The third kappa shape index (κ3) is 5.20. The molecule has 0 saturated carbocycles. The van der Waals surface area contributed by atoms with E-state index in [1.165, 1.54) is 0 Å². The minimum absolute atomic E-state index is 0.127. The lowest BCUT2D eigenvalue weighted by atomic mass is 10.2. The van der Waals surface area contributed by atoms with Gasteiger partial charge in [0.1, 0.15) is 0 Å². The van der Waals surface area contributed by atoms with Crippen molar-refractivity contribution >= 4 is 23.6 Å². The van der Waals surface area contributed by atoms with Gasteiger partial charge in [0.05, 0.1) is 11.4 Å². The molecule has 2 aromatic heterocycles. The molecule has 174 valence electrons. The van der Waals surface area contributed by atoms with E-state index in [1.54, 1.807) is 40.7 Å². The third-order valence-electron chi connectivity index (χ3n) is 5.24. The lowest BCUT2D eigenvalue weighted by Crippen LogP contribution is -2.24. The van der Waals surface area contributed by atoms with Crippen molar-refractivity contribution in [1.29, 1.82) is 0 Å². The van der Waals surface area contributed by atoms with Gasteiger partial charge in [-0.2, -0.15) is 11.8 Å². The van der Waals surface area contributed by atoms with E-state index in [0.29, 0.717) is 35.8 Å². The molecule has 2 aromatic carbocycles. The number of nitrogens with one attached hydrogen (secondary N) is 2. The standard InChI is InChI=1S/C25H26N6O2S/c1-3-26-24(32)19-9-11-20(12-10-19)31-22(17-34-2)23(28-29-31)25(33)27-16-18-7-6-8-21(15-18)30-13-4-5-14-30/h4-15H,3,16-17H2,1-2H3,(H,26,32)(H,27,33). The number of nitrogens with zero attached hydrogens (tertiary/aromatic N) is 4. The molecule has 4 aromatic rings. The molecule has 34 heavy (non-hydrogen) atoms. The maximum Gasteiger partial charge on any atom is 0.274 e. The highest BCUT2D eigenvalue weighted by molar-refractivity contribution is 7.97. The Morgan fingerprint density at radius 2 is 1.71 bits per heavy atom. The molecule has 0 atom stereocenters. The fourth-order valence-electron chi connectivity index (χ4n) is 3.57. The first kappa shape index (κ1) is 23.3. The number of aromatic nitrogens is 4. The molecule has 0 spiro atoms. The SMILES string of the molecule is CCNC(=O)c1ccc(-n2nnc(C(=O)NCc3cccc(-n4cccc4)c3)c2CSC)cc1. The van der Waals surface area contributed by atoms with Crippen LogP contribution in [0.15, 0.2) is 73.1 Å². The Morgan fingerprint density at radius 3 is 2.41 bits per heavy atom. The zero-order chi connectivity index (χ0) is 23.9. The van der Waals surface area contributed by atoms with Crippen molar-refractivity contribution in [2.45, 2.75) is 19.2 Å². The Hall–Kier alpha value is -3.85. The molecular weight excluding hydrogens is 448 g/mol. The minimum Gasteiger partial charge on any atom is -0.352 e. The molecule has 0 fully saturated rings. The molecule has 2 N–H and O–H groups in total. The Morgan fingerprint density at radius 1 is 0.941 bits per heavy atom. The van der Waals surface area contributed by atoms with Crippen LogP contribution in [0.5, 0.6) is 0 Å². The number of amides is 2. The van der Waals surface area contributed by atoms with Crippen LogP contribution in [0.4, 0.5) is 0 Å². The summed E-state index contributed by atoms with van der Waals surface area (Å²) in [5.41, 5.74) is 4.32. The number of rotatable bonds is 9. The van der Waals surface area contributed by atoms with Crippen LogP contribution in [0.2, 0.25) is 0 Å². The average molecular weight is 475 g/mol. The molecule has 0 aliphatic heterocycles. The Kier molecular flexibility index (Phi) is 7.44. The molecule has 9 heteroatoms. The van der Waals surface area contributed by atoms with Crippen LogP contribution >= 0.6 is 11.8 Å². The predicted octanol–water partition coefficient (Wildman–Crippen LogP) is 3.60. The fraction of sp³-hybridized carbons (Fsp3) is 0.200. The van der Waals surface area contributed by atoms with Crippen LogP contribution in [0.1, 0.15) is 39.0 Å². The topological polar surface area (TPSA) is 93.8 Å². The second-order valence-corrected chi connectivity index (χ2v) is 8.44. The first-order valence-electron chi connectivity index (χ1n) is 10.9. The van der Waals surface area contributed by atoms with Crippen molar-refractivity contribution in [3.63, 3.8) is 0 Å². The van der Waals surface area contributed by atoms with E-state index in [2.05, 4.69) is 20.9 Å². The van der Waals surface area contributed by atoms with Crippen LogP contribution in [0.3, 0.4) is 0 Å². The van der Waals surface area contributed by atoms with Gasteiger partial charge in [-0.3, -0.25) is 9.59 Å². The maximum absolute atomic E-state index is 13.0. The van der Waals surface area contributed by atoms with E-state index in [9.17, 15) is 9.59 Å². The second-order valence-electron chi connectivity index (χ2n) is 7.58. The maximum atomic E-state index is 13.0. The van der Waals surface area contributed by atoms with E-state index in [4.69, 9.17) is 0 Å². The van der Waals surface area contributed by atoms with Crippen molar-refractivity contribution in [3.05, 3.63) is 95.6 Å². The normalized spacial score (nSPS) is 10.8. The van der Waals surface area contributed by atoms with Crippen molar-refractivity contribution in [1.82, 2.24) is 30.2 Å². The van der Waals surface area contributed by atoms with Crippen LogP contribution in [-0.4, -0.2) is 44.2 Å². The number of hydrogen-bond donors (Lipinski definition) is 2. The lowest BCUT2D eigenvalue weighted by Gasteiger charge is -2.09. The highest BCUT2D eigenvalue weighted by Crippen LogP contribution is 2.19. The van der Waals surface area contributed by atoms with E-state index in [1.807, 2.05) is 66.5 Å². The van der Waals surface area contributed by atoms with Gasteiger partial charge in [0.2, 0.25) is 0 Å². The number of carbonyl (C=O) groups excluding carboxylic acids is 2. The summed E-state index contributed by atoms with van der Waals surface area (Å²) in [5, 5.41) is 14.1. The minimum atomic E-state index is -0.277. The summed E-state index contributed by atoms with van der Waals surface area (Å²) >= 11 is 1.58. The third-order valence-corrected chi connectivity index (χ3v) is 5.80. The van der Waals surface area contributed by atoms with Crippen molar-refractivity contribution < 1.29 is 9.59 Å². The van der Waals surface area contributed by atoms with Gasteiger partial charge in [0.15, 0.2) is 5.69 Å². The lowest BCUT2D eigenvalue weighted by molar-refractivity contribution is 0.0940. The van der Waals surface area contributed by atoms with Crippen LogP contribution < -0.4 is 10.6 Å². The van der Waals surface area contributed by atoms with Crippen molar-refractivity contribution in [2.24, 2.45) is 0 Å². The fourth-order valence-corrected chi connectivity index (χ4v) is 4.10. The summed E-state index contributed by atoms with van der Waals surface area (Å²) in [5.74, 6) is 0.162. The molecular formula is C25H26N6O2S. The van der Waals surface area contributed by atoms with Gasteiger partial charge in [0.25, 0.3) is 11.8 Å². The van der Waals surface area contributed by atoms with Gasteiger partial charge in [-0.1, -0.05) is 17.3 Å². The summed E-state index contributed by atoms with van der Waals surface area (Å²) in [6, 6.07) is 19.0. The van der Waals surface area contributed by atoms with E-state index >= 15 is 0 Å². The molecule has 4 rings (SSSR count). The van der Waals surface area contributed by atoms with Crippen molar-refractivity contribution in [2.75, 3.05) is 12.8 Å². The summed E-state index contributed by atoms with van der Waals surface area (Å²) in [7, 11) is 0. The number of carbonyl (C=O) groups is 2. The summed E-state index contributed by atoms with van der Waals surface area (Å²) in [4.78, 5) is 25.0. The van der Waals surface area contributed by atoms with Gasteiger partial charge < -0.3 is 15.2 Å². The molecule has 0 aliphatic carbocycles. The van der Waals surface area contributed by atoms with Crippen LogP contribution in [0, 0.1) is 0 Å². The molecule has 0 saturated heterocycles. The van der Waals surface area contributed by atoms with Gasteiger partial charge in [-0.15, -0.1) is 5.10 Å². The second kappa shape index (κ2) is 10.8. The summed E-state index contributed by atoms with van der Waals surface area (Å²) in [6.07, 6.45) is 5.92. The Labute approximate surface area is 202 Å². The molecule has 2 heterocycles. The van der Waals surface area contributed by atoms with E-state index in [-0.39, 0.29) is 11.8 Å². The molecule has 0 aliphatic rings. The Bertz CT molecular complexity index is 1270. The van der Waals surface area contributed by atoms with E-state index < -0.39 is 0 Å². The van der Waals surface area contributed by atoms with Gasteiger partial charge >= 0.3 is 0 Å². The van der Waals surface area contributed by atoms with Crippen LogP contribution in [-0.2, 0) is 12.3 Å². The van der Waals surface area contributed by atoms with Gasteiger partial charge in [-0.05, 0) is 67.3 Å². The first-order chi connectivity index (χ1) is 16.6.